The first-order valence-electron chi connectivity index (χ1n) is 12.2. The van der Waals surface area contributed by atoms with E-state index in [0.29, 0.717) is 40.8 Å². The number of esters is 1. The van der Waals surface area contributed by atoms with Gasteiger partial charge in [-0.1, -0.05) is 38.1 Å². The van der Waals surface area contributed by atoms with Crippen molar-refractivity contribution in [1.82, 2.24) is 5.32 Å². The normalized spacial score (nSPS) is 18.9. The predicted molar refractivity (Wildman–Crippen MR) is 139 cm³/mol. The highest BCUT2D eigenvalue weighted by molar-refractivity contribution is 6.04. The first-order chi connectivity index (χ1) is 17.7. The molecule has 1 aromatic heterocycles. The Hall–Kier alpha value is -4.13. The number of hydrogen-bond acceptors (Lipinski definition) is 7. The molecule has 7 heteroatoms. The van der Waals surface area contributed by atoms with Crippen LogP contribution in [0.3, 0.4) is 0 Å². The third kappa shape index (κ3) is 4.57. The number of methoxy groups -OCH3 is 1. The van der Waals surface area contributed by atoms with Crippen LogP contribution in [0.4, 0.5) is 0 Å². The number of allylic oxidation sites excluding steroid dienone is 3. The van der Waals surface area contributed by atoms with Gasteiger partial charge in [0.1, 0.15) is 17.9 Å². The zero-order valence-corrected chi connectivity index (χ0v) is 21.3. The van der Waals surface area contributed by atoms with Crippen LogP contribution in [-0.2, 0) is 20.9 Å². The average Bonchev–Trinajstić information content (AvgIpc) is 2.86. The van der Waals surface area contributed by atoms with Gasteiger partial charge < -0.3 is 19.2 Å². The fraction of sp³-hybridized carbons (Fsp3) is 0.300. The summed E-state index contributed by atoms with van der Waals surface area (Å²) in [4.78, 5) is 40.7. The van der Waals surface area contributed by atoms with E-state index in [4.69, 9.17) is 13.9 Å². The van der Waals surface area contributed by atoms with Crippen LogP contribution in [0.1, 0.15) is 50.7 Å². The Bertz CT molecular complexity index is 1520. The zero-order chi connectivity index (χ0) is 26.3. The summed E-state index contributed by atoms with van der Waals surface area (Å²) in [6, 6.07) is 14.2. The number of carbonyl (C=O) groups excluding carboxylic acids is 2. The molecule has 0 saturated heterocycles. The smallest absolute Gasteiger partial charge is 0.337 e. The maximum atomic E-state index is 13.6. The van der Waals surface area contributed by atoms with Crippen molar-refractivity contribution in [3.63, 3.8) is 0 Å². The Balaban J connectivity index is 1.58. The summed E-state index contributed by atoms with van der Waals surface area (Å²) < 4.78 is 16.7. The van der Waals surface area contributed by atoms with Crippen molar-refractivity contribution in [3.8, 4) is 5.75 Å². The van der Waals surface area contributed by atoms with Gasteiger partial charge in [-0.05, 0) is 48.6 Å². The van der Waals surface area contributed by atoms with Crippen LogP contribution in [0.5, 0.6) is 5.75 Å². The maximum Gasteiger partial charge on any atom is 0.337 e. The first-order valence-corrected chi connectivity index (χ1v) is 12.2. The first kappa shape index (κ1) is 24.6. The number of dihydropyridines is 1. The highest BCUT2D eigenvalue weighted by Gasteiger charge is 2.44. The minimum Gasteiger partial charge on any atom is -0.497 e. The fourth-order valence-corrected chi connectivity index (χ4v) is 5.26. The molecule has 1 aliphatic carbocycles. The SMILES string of the molecule is COc1ccc(COC(=O)C2=C(C)NC3=C(C(=O)CC(C)(C)C3)[C@@H]2c2coc3ccccc3c2=O)cc1. The van der Waals surface area contributed by atoms with Crippen LogP contribution in [0, 0.1) is 5.41 Å². The molecule has 1 N–H and O–H groups in total. The van der Waals surface area contributed by atoms with Crippen LogP contribution < -0.4 is 15.5 Å². The molecule has 0 unspecified atom stereocenters. The monoisotopic (exact) mass is 499 g/mol. The summed E-state index contributed by atoms with van der Waals surface area (Å²) in [7, 11) is 1.58. The van der Waals surface area contributed by atoms with Gasteiger partial charge in [0.15, 0.2) is 11.2 Å². The van der Waals surface area contributed by atoms with Crippen molar-refractivity contribution < 1.29 is 23.5 Å². The van der Waals surface area contributed by atoms with Gasteiger partial charge in [0.25, 0.3) is 0 Å². The van der Waals surface area contributed by atoms with E-state index in [1.165, 1.54) is 6.26 Å². The van der Waals surface area contributed by atoms with E-state index < -0.39 is 11.9 Å². The Morgan fingerprint density at radius 3 is 2.54 bits per heavy atom. The van der Waals surface area contributed by atoms with Crippen LogP contribution in [-0.4, -0.2) is 18.9 Å². The number of nitrogens with one attached hydrogen (secondary N) is 1. The molecule has 5 rings (SSSR count). The van der Waals surface area contributed by atoms with Gasteiger partial charge in [-0.25, -0.2) is 4.79 Å². The third-order valence-corrected chi connectivity index (χ3v) is 7.01. The molecule has 0 radical (unpaired) electrons. The number of para-hydroxylation sites is 1. The zero-order valence-electron chi connectivity index (χ0n) is 21.3. The predicted octanol–water partition coefficient (Wildman–Crippen LogP) is 5.15. The molecule has 0 fully saturated rings. The van der Waals surface area contributed by atoms with Crippen molar-refractivity contribution in [2.75, 3.05) is 7.11 Å². The minimum absolute atomic E-state index is 0.0333. The molecule has 2 heterocycles. The van der Waals surface area contributed by atoms with Crippen molar-refractivity contribution in [2.24, 2.45) is 5.41 Å². The molecular formula is C30H29NO6. The molecule has 7 nitrogen and oxygen atoms in total. The van der Waals surface area contributed by atoms with E-state index in [1.807, 2.05) is 26.0 Å². The molecule has 0 bridgehead atoms. The molecule has 1 aliphatic heterocycles. The Kier molecular flexibility index (Phi) is 6.23. The summed E-state index contributed by atoms with van der Waals surface area (Å²) in [5, 5.41) is 3.69. The second-order valence-corrected chi connectivity index (χ2v) is 10.4. The minimum atomic E-state index is -0.885. The fourth-order valence-electron chi connectivity index (χ4n) is 5.26. The summed E-state index contributed by atoms with van der Waals surface area (Å²) in [6.07, 6.45) is 2.31. The Morgan fingerprint density at radius 1 is 1.08 bits per heavy atom. The van der Waals surface area contributed by atoms with Gasteiger partial charge in [0.05, 0.1) is 30.3 Å². The number of fused-ring (bicyclic) bond motifs is 1. The Labute approximate surface area is 214 Å². The van der Waals surface area contributed by atoms with Crippen molar-refractivity contribution in [2.45, 2.75) is 46.1 Å². The number of hydrogen-bond donors (Lipinski definition) is 1. The largest absolute Gasteiger partial charge is 0.497 e. The molecule has 0 amide bonds. The van der Waals surface area contributed by atoms with Crippen LogP contribution in [0.25, 0.3) is 11.0 Å². The van der Waals surface area contributed by atoms with Crippen LogP contribution in [0.2, 0.25) is 0 Å². The standard InChI is InChI=1S/C30H29NO6/c1-17-25(29(34)37-15-18-9-11-19(35-4)12-10-18)26(27-22(31-17)13-30(2,3)14-23(27)32)21-16-36-24-8-6-5-7-20(24)28(21)33/h5-12,16,26,31H,13-15H2,1-4H3/t26-/m1/s1. The van der Waals surface area contributed by atoms with Gasteiger partial charge in [-0.15, -0.1) is 0 Å². The quantitative estimate of drug-likeness (QED) is 0.485. The van der Waals surface area contributed by atoms with E-state index in [9.17, 15) is 14.4 Å². The van der Waals surface area contributed by atoms with E-state index in [0.717, 1.165) is 11.3 Å². The van der Waals surface area contributed by atoms with E-state index in [1.54, 1.807) is 50.4 Å². The lowest BCUT2D eigenvalue weighted by atomic mass is 9.68. The number of rotatable bonds is 5. The number of Topliss-reactive ketones (excluding diaryl/α,β-unsaturated/α-hetero) is 1. The lowest BCUT2D eigenvalue weighted by molar-refractivity contribution is -0.140. The molecule has 3 aromatic rings. The summed E-state index contributed by atoms with van der Waals surface area (Å²) in [5.74, 6) is -0.873. The lowest BCUT2D eigenvalue weighted by Gasteiger charge is -2.39. The number of benzene rings is 2. The number of carbonyl (C=O) groups is 2. The molecular weight excluding hydrogens is 470 g/mol. The highest BCUT2D eigenvalue weighted by Crippen LogP contribution is 2.46. The van der Waals surface area contributed by atoms with Crippen molar-refractivity contribution in [1.29, 1.82) is 0 Å². The van der Waals surface area contributed by atoms with Crippen molar-refractivity contribution in [3.05, 3.63) is 98.7 Å². The van der Waals surface area contributed by atoms with Gasteiger partial charge >= 0.3 is 5.97 Å². The maximum absolute atomic E-state index is 13.6. The average molecular weight is 500 g/mol. The molecule has 37 heavy (non-hydrogen) atoms. The topological polar surface area (TPSA) is 94.8 Å². The number of ketones is 1. The molecule has 2 aliphatic rings. The number of ether oxygens (including phenoxy) is 2. The van der Waals surface area contributed by atoms with E-state index >= 15 is 0 Å². The van der Waals surface area contributed by atoms with Gasteiger partial charge in [0.2, 0.25) is 0 Å². The second kappa shape index (κ2) is 9.39. The van der Waals surface area contributed by atoms with E-state index in [2.05, 4.69) is 5.32 Å². The second-order valence-electron chi connectivity index (χ2n) is 10.4. The lowest BCUT2D eigenvalue weighted by Crippen LogP contribution is -2.39. The summed E-state index contributed by atoms with van der Waals surface area (Å²) in [6.45, 7) is 5.88. The van der Waals surface area contributed by atoms with Gasteiger partial charge in [-0.3, -0.25) is 9.59 Å². The summed E-state index contributed by atoms with van der Waals surface area (Å²) in [5.41, 5.74) is 2.93. The third-order valence-electron chi connectivity index (χ3n) is 7.01. The van der Waals surface area contributed by atoms with E-state index in [-0.39, 0.29) is 34.4 Å². The van der Waals surface area contributed by atoms with Crippen molar-refractivity contribution >= 4 is 22.7 Å². The molecule has 0 saturated carbocycles. The highest BCUT2D eigenvalue weighted by atomic mass is 16.5. The summed E-state index contributed by atoms with van der Waals surface area (Å²) >= 11 is 0. The van der Waals surface area contributed by atoms with Gasteiger partial charge in [-0.2, -0.15) is 0 Å². The Morgan fingerprint density at radius 2 is 1.81 bits per heavy atom. The molecule has 1 atom stereocenters. The molecule has 0 spiro atoms. The molecule has 2 aromatic carbocycles. The van der Waals surface area contributed by atoms with Gasteiger partial charge in [0, 0.05) is 29.0 Å². The van der Waals surface area contributed by atoms with Crippen LogP contribution in [0.15, 0.2) is 86.5 Å². The van der Waals surface area contributed by atoms with Crippen LogP contribution >= 0.6 is 0 Å². The molecule has 190 valence electrons.